The van der Waals surface area contributed by atoms with Crippen molar-refractivity contribution in [1.82, 2.24) is 15.0 Å². The lowest BCUT2D eigenvalue weighted by atomic mass is 9.93. The second-order valence-corrected chi connectivity index (χ2v) is 7.87. The third-order valence-corrected chi connectivity index (χ3v) is 5.11. The highest BCUT2D eigenvalue weighted by molar-refractivity contribution is 7.08. The van der Waals surface area contributed by atoms with Crippen molar-refractivity contribution in [2.45, 2.75) is 45.6 Å². The van der Waals surface area contributed by atoms with Crippen LogP contribution in [0.1, 0.15) is 39.5 Å². The molecular weight excluding hydrogens is 354 g/mol. The van der Waals surface area contributed by atoms with Gasteiger partial charge in [-0.3, -0.25) is 9.59 Å². The van der Waals surface area contributed by atoms with Gasteiger partial charge in [0.1, 0.15) is 0 Å². The summed E-state index contributed by atoms with van der Waals surface area (Å²) in [4.78, 5) is 30.2. The molecule has 8 heteroatoms. The van der Waals surface area contributed by atoms with Crippen molar-refractivity contribution >= 4 is 23.2 Å². The topological polar surface area (TPSA) is 85.5 Å². The fourth-order valence-corrected chi connectivity index (χ4v) is 3.93. The molecule has 0 unspecified atom stereocenters. The van der Waals surface area contributed by atoms with E-state index >= 15 is 0 Å². The highest BCUT2D eigenvalue weighted by atomic mass is 32.1. The summed E-state index contributed by atoms with van der Waals surface area (Å²) < 4.78 is 10.6. The Hall–Kier alpha value is -2.22. The van der Waals surface area contributed by atoms with Gasteiger partial charge in [-0.2, -0.15) is 16.3 Å². The smallest absolute Gasteiger partial charge is 0.303 e. The monoisotopic (exact) mass is 377 g/mol. The lowest BCUT2D eigenvalue weighted by molar-refractivity contribution is -0.169. The summed E-state index contributed by atoms with van der Waals surface area (Å²) in [6, 6.07) is 1.96. The van der Waals surface area contributed by atoms with Crippen LogP contribution in [-0.4, -0.2) is 45.6 Å². The molecule has 2 aromatic rings. The van der Waals surface area contributed by atoms with E-state index in [2.05, 4.69) is 10.1 Å². The van der Waals surface area contributed by atoms with Gasteiger partial charge in [-0.1, -0.05) is 5.16 Å². The number of ether oxygens (including phenoxy) is 1. The van der Waals surface area contributed by atoms with E-state index in [0.29, 0.717) is 31.2 Å². The van der Waals surface area contributed by atoms with E-state index in [4.69, 9.17) is 9.26 Å². The Balaban J connectivity index is 1.62. The number of hydrogen-bond acceptors (Lipinski definition) is 7. The van der Waals surface area contributed by atoms with Crippen molar-refractivity contribution in [1.29, 1.82) is 0 Å². The zero-order valence-electron chi connectivity index (χ0n) is 15.2. The SMILES string of the molecule is CC(=O)OC(C)(C)C(=O)N1CCC[C@H](Cc2nc(-c3ccsc3)no2)C1. The van der Waals surface area contributed by atoms with Crippen LogP contribution in [-0.2, 0) is 20.7 Å². The Bertz CT molecular complexity index is 769. The molecule has 0 aromatic carbocycles. The summed E-state index contributed by atoms with van der Waals surface area (Å²) in [6.07, 6.45) is 2.53. The van der Waals surface area contributed by atoms with Gasteiger partial charge >= 0.3 is 5.97 Å². The van der Waals surface area contributed by atoms with Crippen LogP contribution in [0.3, 0.4) is 0 Å². The number of thiophene rings is 1. The molecule has 3 heterocycles. The fourth-order valence-electron chi connectivity index (χ4n) is 3.29. The van der Waals surface area contributed by atoms with E-state index in [1.165, 1.54) is 6.92 Å². The Labute approximate surface area is 156 Å². The number of rotatable bonds is 5. The molecule has 26 heavy (non-hydrogen) atoms. The summed E-state index contributed by atoms with van der Waals surface area (Å²) in [5, 5.41) is 7.98. The predicted octanol–water partition coefficient (Wildman–Crippen LogP) is 2.92. The first-order valence-electron chi connectivity index (χ1n) is 8.69. The average molecular weight is 377 g/mol. The quantitative estimate of drug-likeness (QED) is 0.745. The van der Waals surface area contributed by atoms with E-state index in [0.717, 1.165) is 18.4 Å². The molecule has 0 spiro atoms. The summed E-state index contributed by atoms with van der Waals surface area (Å²) in [5.74, 6) is 0.813. The first-order chi connectivity index (χ1) is 12.3. The highest BCUT2D eigenvalue weighted by Crippen LogP contribution is 2.25. The molecular formula is C18H23N3O4S. The molecule has 0 radical (unpaired) electrons. The van der Waals surface area contributed by atoms with Crippen molar-refractivity contribution in [3.05, 3.63) is 22.7 Å². The lowest BCUT2D eigenvalue weighted by Gasteiger charge is -2.36. The van der Waals surface area contributed by atoms with Gasteiger partial charge in [0.2, 0.25) is 11.7 Å². The van der Waals surface area contributed by atoms with Crippen molar-refractivity contribution < 1.29 is 18.8 Å². The number of nitrogens with zero attached hydrogens (tertiary/aromatic N) is 3. The number of aromatic nitrogens is 2. The van der Waals surface area contributed by atoms with E-state index in [1.54, 1.807) is 30.1 Å². The van der Waals surface area contributed by atoms with Crippen LogP contribution in [0.2, 0.25) is 0 Å². The van der Waals surface area contributed by atoms with Gasteiger partial charge in [0.15, 0.2) is 5.60 Å². The van der Waals surface area contributed by atoms with Crippen molar-refractivity contribution in [2.75, 3.05) is 13.1 Å². The Morgan fingerprint density at radius 2 is 2.27 bits per heavy atom. The average Bonchev–Trinajstić information content (AvgIpc) is 3.24. The number of hydrogen-bond donors (Lipinski definition) is 0. The maximum atomic E-state index is 12.7. The molecule has 7 nitrogen and oxygen atoms in total. The standard InChI is InChI=1S/C18H23N3O4S/c1-12(22)24-18(2,3)17(23)21-7-4-5-13(10-21)9-15-19-16(20-25-15)14-6-8-26-11-14/h6,8,11,13H,4-5,7,9-10H2,1-3H3/t13-/m1/s1. The largest absolute Gasteiger partial charge is 0.450 e. The lowest BCUT2D eigenvalue weighted by Crippen LogP contribution is -2.51. The molecule has 0 bridgehead atoms. The first kappa shape index (κ1) is 18.6. The number of piperidine rings is 1. The number of amides is 1. The minimum atomic E-state index is -1.15. The second kappa shape index (κ2) is 7.57. The van der Waals surface area contributed by atoms with E-state index < -0.39 is 11.6 Å². The second-order valence-electron chi connectivity index (χ2n) is 7.09. The van der Waals surface area contributed by atoms with Crippen LogP contribution in [0.25, 0.3) is 11.4 Å². The molecule has 1 aliphatic heterocycles. The predicted molar refractivity (Wildman–Crippen MR) is 96.5 cm³/mol. The molecule has 1 amide bonds. The van der Waals surface area contributed by atoms with Gasteiger partial charge in [0.25, 0.3) is 5.91 Å². The van der Waals surface area contributed by atoms with Crippen molar-refractivity contribution in [3.63, 3.8) is 0 Å². The van der Waals surface area contributed by atoms with Crippen LogP contribution >= 0.6 is 11.3 Å². The normalized spacial score (nSPS) is 18.0. The third kappa shape index (κ3) is 4.30. The minimum Gasteiger partial charge on any atom is -0.450 e. The third-order valence-electron chi connectivity index (χ3n) is 4.43. The number of carbonyl (C=O) groups excluding carboxylic acids is 2. The van der Waals surface area contributed by atoms with E-state index in [9.17, 15) is 9.59 Å². The van der Waals surface area contributed by atoms with Gasteiger partial charge < -0.3 is 14.2 Å². The van der Waals surface area contributed by atoms with Crippen LogP contribution in [0.4, 0.5) is 0 Å². The molecule has 0 N–H and O–H groups in total. The van der Waals surface area contributed by atoms with Crippen molar-refractivity contribution in [2.24, 2.45) is 5.92 Å². The van der Waals surface area contributed by atoms with Crippen molar-refractivity contribution in [3.8, 4) is 11.4 Å². The van der Waals surface area contributed by atoms with Crippen LogP contribution in [0.5, 0.6) is 0 Å². The number of likely N-dealkylation sites (tertiary alicyclic amines) is 1. The minimum absolute atomic E-state index is 0.165. The molecule has 1 atom stereocenters. The van der Waals surface area contributed by atoms with E-state index in [1.807, 2.05) is 16.8 Å². The molecule has 1 saturated heterocycles. The molecule has 140 valence electrons. The van der Waals surface area contributed by atoms with Crippen LogP contribution in [0.15, 0.2) is 21.3 Å². The maximum Gasteiger partial charge on any atom is 0.303 e. The van der Waals surface area contributed by atoms with Gasteiger partial charge in [-0.15, -0.1) is 0 Å². The Morgan fingerprint density at radius 1 is 1.46 bits per heavy atom. The first-order valence-corrected chi connectivity index (χ1v) is 9.63. The Kier molecular flexibility index (Phi) is 5.41. The number of carbonyl (C=O) groups is 2. The molecule has 0 saturated carbocycles. The maximum absolute atomic E-state index is 12.7. The summed E-state index contributed by atoms with van der Waals surface area (Å²) in [6.45, 7) is 5.84. The molecule has 3 rings (SSSR count). The van der Waals surface area contributed by atoms with E-state index in [-0.39, 0.29) is 11.8 Å². The van der Waals surface area contributed by atoms with Crippen LogP contribution in [0, 0.1) is 5.92 Å². The van der Waals surface area contributed by atoms with Gasteiger partial charge in [0, 0.05) is 37.4 Å². The van der Waals surface area contributed by atoms with Crippen LogP contribution < -0.4 is 0 Å². The zero-order valence-corrected chi connectivity index (χ0v) is 16.0. The molecule has 0 aliphatic carbocycles. The Morgan fingerprint density at radius 3 is 2.96 bits per heavy atom. The van der Waals surface area contributed by atoms with Gasteiger partial charge in [-0.25, -0.2) is 0 Å². The summed E-state index contributed by atoms with van der Waals surface area (Å²) in [7, 11) is 0. The summed E-state index contributed by atoms with van der Waals surface area (Å²) in [5.41, 5.74) is -0.196. The summed E-state index contributed by atoms with van der Waals surface area (Å²) >= 11 is 1.59. The van der Waals surface area contributed by atoms with Gasteiger partial charge in [-0.05, 0) is 44.1 Å². The zero-order chi connectivity index (χ0) is 18.7. The highest BCUT2D eigenvalue weighted by Gasteiger charge is 2.37. The molecule has 2 aromatic heterocycles. The van der Waals surface area contributed by atoms with Gasteiger partial charge in [0.05, 0.1) is 0 Å². The fraction of sp³-hybridized carbons (Fsp3) is 0.556. The number of esters is 1. The molecule has 1 aliphatic rings. The molecule has 1 fully saturated rings.